The Morgan fingerprint density at radius 1 is 1.30 bits per heavy atom. The molecule has 0 aliphatic carbocycles. The lowest BCUT2D eigenvalue weighted by molar-refractivity contribution is 0.625. The highest BCUT2D eigenvalue weighted by atomic mass is 79.9. The summed E-state index contributed by atoms with van der Waals surface area (Å²) in [5.41, 5.74) is 8.87. The lowest BCUT2D eigenvalue weighted by Crippen LogP contribution is -2.02. The zero-order chi connectivity index (χ0) is 14.4. The molecule has 0 saturated carbocycles. The number of aromatic nitrogens is 3. The molecule has 3 aromatic rings. The van der Waals surface area contributed by atoms with E-state index in [0.29, 0.717) is 11.2 Å². The highest BCUT2D eigenvalue weighted by Gasteiger charge is 2.19. The van der Waals surface area contributed by atoms with E-state index in [1.165, 1.54) is 11.3 Å². The van der Waals surface area contributed by atoms with Crippen molar-refractivity contribution in [3.8, 4) is 10.7 Å². The summed E-state index contributed by atoms with van der Waals surface area (Å²) in [6.07, 6.45) is 0. The van der Waals surface area contributed by atoms with E-state index >= 15 is 0 Å². The van der Waals surface area contributed by atoms with Crippen LogP contribution in [0, 0.1) is 6.92 Å². The molecule has 4 nitrogen and oxygen atoms in total. The molecule has 2 aromatic heterocycles. The van der Waals surface area contributed by atoms with E-state index in [1.807, 2.05) is 19.1 Å². The first-order valence-electron chi connectivity index (χ1n) is 6.38. The molecule has 2 N–H and O–H groups in total. The third-order valence-electron chi connectivity index (χ3n) is 3.18. The van der Waals surface area contributed by atoms with Crippen molar-refractivity contribution in [3.63, 3.8) is 0 Å². The predicted molar refractivity (Wildman–Crippen MR) is 88.1 cm³/mol. The van der Waals surface area contributed by atoms with Gasteiger partial charge in [0.15, 0.2) is 11.0 Å². The summed E-state index contributed by atoms with van der Waals surface area (Å²) in [5, 5.41) is 0.584. The normalized spacial score (nSPS) is 11.7. The molecule has 2 heterocycles. The number of benzene rings is 1. The number of imidazole rings is 1. The minimum absolute atomic E-state index is 0.318. The molecule has 0 aliphatic heterocycles. The van der Waals surface area contributed by atoms with Crippen LogP contribution in [0.2, 0.25) is 0 Å². The molecule has 0 spiro atoms. The van der Waals surface area contributed by atoms with Crippen molar-refractivity contribution in [2.45, 2.75) is 26.8 Å². The van der Waals surface area contributed by atoms with Gasteiger partial charge in [-0.1, -0.05) is 27.3 Å². The number of aryl methyl sites for hydroxylation is 1. The van der Waals surface area contributed by atoms with Crippen LogP contribution in [0.4, 0.5) is 5.13 Å². The summed E-state index contributed by atoms with van der Waals surface area (Å²) < 4.78 is 3.27. The van der Waals surface area contributed by atoms with Gasteiger partial charge in [0.25, 0.3) is 0 Å². The number of hydrogen-bond donors (Lipinski definition) is 1. The van der Waals surface area contributed by atoms with E-state index in [-0.39, 0.29) is 0 Å². The molecular weight excluding hydrogens is 336 g/mol. The van der Waals surface area contributed by atoms with Crippen LogP contribution in [0.5, 0.6) is 0 Å². The maximum atomic E-state index is 5.82. The molecular formula is C14H15BrN4S. The number of nitrogens with two attached hydrogens (primary N) is 1. The second kappa shape index (κ2) is 4.86. The molecule has 104 valence electrons. The van der Waals surface area contributed by atoms with Crippen molar-refractivity contribution in [2.75, 3.05) is 5.73 Å². The van der Waals surface area contributed by atoms with Gasteiger partial charge in [0.05, 0.1) is 21.6 Å². The van der Waals surface area contributed by atoms with Crippen LogP contribution in [-0.2, 0) is 0 Å². The van der Waals surface area contributed by atoms with Crippen LogP contribution in [0.3, 0.4) is 0 Å². The van der Waals surface area contributed by atoms with Crippen molar-refractivity contribution >= 4 is 43.4 Å². The Morgan fingerprint density at radius 2 is 2.05 bits per heavy atom. The molecule has 1 aromatic carbocycles. The van der Waals surface area contributed by atoms with Crippen LogP contribution in [0.1, 0.15) is 25.6 Å². The molecule has 6 heteroatoms. The largest absolute Gasteiger partial charge is 0.375 e. The molecule has 0 bridgehead atoms. The van der Waals surface area contributed by atoms with Crippen molar-refractivity contribution in [1.82, 2.24) is 14.5 Å². The number of halogens is 1. The Morgan fingerprint density at radius 3 is 2.65 bits per heavy atom. The minimum Gasteiger partial charge on any atom is -0.375 e. The van der Waals surface area contributed by atoms with Crippen LogP contribution < -0.4 is 5.73 Å². The van der Waals surface area contributed by atoms with Gasteiger partial charge in [0.1, 0.15) is 0 Å². The summed E-state index contributed by atoms with van der Waals surface area (Å²) >= 11 is 4.99. The Balaban J connectivity index is 2.34. The maximum Gasteiger partial charge on any atom is 0.180 e. The lowest BCUT2D eigenvalue weighted by atomic mass is 10.3. The van der Waals surface area contributed by atoms with Crippen LogP contribution in [-0.4, -0.2) is 14.5 Å². The van der Waals surface area contributed by atoms with Crippen LogP contribution in [0.25, 0.3) is 21.7 Å². The van der Waals surface area contributed by atoms with Crippen LogP contribution >= 0.6 is 27.3 Å². The monoisotopic (exact) mass is 350 g/mol. The fraction of sp³-hybridized carbons (Fsp3) is 0.286. The van der Waals surface area contributed by atoms with Gasteiger partial charge < -0.3 is 10.3 Å². The fourth-order valence-corrected chi connectivity index (χ4v) is 3.55. The van der Waals surface area contributed by atoms with Gasteiger partial charge in [-0.15, -0.1) is 0 Å². The number of hydrogen-bond acceptors (Lipinski definition) is 4. The van der Waals surface area contributed by atoms with E-state index in [9.17, 15) is 0 Å². The van der Waals surface area contributed by atoms with E-state index in [2.05, 4.69) is 45.4 Å². The first-order chi connectivity index (χ1) is 9.47. The van der Waals surface area contributed by atoms with E-state index in [1.54, 1.807) is 0 Å². The second-order valence-corrected chi connectivity index (χ2v) is 6.95. The maximum absolute atomic E-state index is 5.82. The molecule has 0 atom stereocenters. The highest BCUT2D eigenvalue weighted by Crippen LogP contribution is 2.35. The average molecular weight is 351 g/mol. The third-order valence-corrected chi connectivity index (χ3v) is 4.66. The van der Waals surface area contributed by atoms with E-state index in [0.717, 1.165) is 31.9 Å². The van der Waals surface area contributed by atoms with Gasteiger partial charge in [-0.25, -0.2) is 9.97 Å². The van der Waals surface area contributed by atoms with Crippen molar-refractivity contribution in [3.05, 3.63) is 28.4 Å². The molecule has 0 fully saturated rings. The SMILES string of the molecule is Cc1nc(N)sc1-c1nc2cc(Br)ccc2n1C(C)C. The van der Waals surface area contributed by atoms with E-state index in [4.69, 9.17) is 10.7 Å². The van der Waals surface area contributed by atoms with Gasteiger partial charge in [0, 0.05) is 10.5 Å². The Labute approximate surface area is 129 Å². The predicted octanol–water partition coefficient (Wildman–Crippen LogP) is 4.39. The molecule has 0 amide bonds. The zero-order valence-corrected chi connectivity index (χ0v) is 13.9. The van der Waals surface area contributed by atoms with Crippen LogP contribution in [0.15, 0.2) is 22.7 Å². The Hall–Kier alpha value is -1.40. The van der Waals surface area contributed by atoms with Gasteiger partial charge in [-0.2, -0.15) is 0 Å². The van der Waals surface area contributed by atoms with Crippen molar-refractivity contribution < 1.29 is 0 Å². The Kier molecular flexibility index (Phi) is 3.30. The molecule has 0 saturated heterocycles. The first-order valence-corrected chi connectivity index (χ1v) is 7.99. The zero-order valence-electron chi connectivity index (χ0n) is 11.5. The average Bonchev–Trinajstić information content (AvgIpc) is 2.88. The quantitative estimate of drug-likeness (QED) is 0.745. The number of nitrogen functional groups attached to an aromatic ring is 1. The number of fused-ring (bicyclic) bond motifs is 1. The third kappa shape index (κ3) is 2.13. The van der Waals surface area contributed by atoms with E-state index < -0.39 is 0 Å². The minimum atomic E-state index is 0.318. The second-order valence-electron chi connectivity index (χ2n) is 5.00. The first kappa shape index (κ1) is 13.6. The number of rotatable bonds is 2. The molecule has 3 rings (SSSR count). The lowest BCUT2D eigenvalue weighted by Gasteiger charge is -2.12. The smallest absolute Gasteiger partial charge is 0.180 e. The molecule has 0 aliphatic rings. The number of thiazole rings is 1. The highest BCUT2D eigenvalue weighted by molar-refractivity contribution is 9.10. The number of nitrogens with zero attached hydrogens (tertiary/aromatic N) is 3. The molecule has 0 unspecified atom stereocenters. The van der Waals surface area contributed by atoms with Crippen molar-refractivity contribution in [2.24, 2.45) is 0 Å². The fourth-order valence-electron chi connectivity index (χ4n) is 2.38. The Bertz CT molecular complexity index is 788. The van der Waals surface area contributed by atoms with Gasteiger partial charge >= 0.3 is 0 Å². The standard InChI is InChI=1S/C14H15BrN4S/c1-7(2)19-11-5-4-9(15)6-10(11)18-13(19)12-8(3)17-14(16)20-12/h4-7H,1-3H3,(H2,16,17). The van der Waals surface area contributed by atoms with Gasteiger partial charge in [0.2, 0.25) is 0 Å². The van der Waals surface area contributed by atoms with Gasteiger partial charge in [-0.3, -0.25) is 0 Å². The van der Waals surface area contributed by atoms with Gasteiger partial charge in [-0.05, 0) is 39.0 Å². The summed E-state index contributed by atoms with van der Waals surface area (Å²) in [7, 11) is 0. The molecule has 20 heavy (non-hydrogen) atoms. The molecule has 0 radical (unpaired) electrons. The summed E-state index contributed by atoms with van der Waals surface area (Å²) in [6, 6.07) is 6.49. The topological polar surface area (TPSA) is 56.7 Å². The van der Waals surface area contributed by atoms with Crippen molar-refractivity contribution in [1.29, 1.82) is 0 Å². The number of anilines is 1. The summed E-state index contributed by atoms with van der Waals surface area (Å²) in [5.74, 6) is 0.944. The summed E-state index contributed by atoms with van der Waals surface area (Å²) in [6.45, 7) is 6.29. The summed E-state index contributed by atoms with van der Waals surface area (Å²) in [4.78, 5) is 10.1.